The molecule has 8 heteroatoms. The van der Waals surface area contributed by atoms with Gasteiger partial charge in [-0.2, -0.15) is 0 Å². The summed E-state index contributed by atoms with van der Waals surface area (Å²) in [6.07, 6.45) is 0. The van der Waals surface area contributed by atoms with Gasteiger partial charge < -0.3 is 18.1 Å². The summed E-state index contributed by atoms with van der Waals surface area (Å²) in [6, 6.07) is 9.47. The molecule has 0 amide bonds. The van der Waals surface area contributed by atoms with Crippen LogP contribution in [-0.2, 0) is 30.7 Å². The fourth-order valence-corrected chi connectivity index (χ4v) is 9.25. The summed E-state index contributed by atoms with van der Waals surface area (Å²) in [5.74, 6) is 1.78. The molecule has 2 aliphatic rings. The molecular weight excluding hydrogens is 634 g/mol. The Balaban J connectivity index is 2.14. The lowest BCUT2D eigenvalue weighted by atomic mass is 9.75. The van der Waals surface area contributed by atoms with Crippen LogP contribution in [0, 0.1) is 0 Å². The van der Waals surface area contributed by atoms with Gasteiger partial charge in [-0.1, -0.05) is 95.2 Å². The zero-order valence-corrected chi connectivity index (χ0v) is 35.3. The highest BCUT2D eigenvalue weighted by molar-refractivity contribution is 7.45. The average Bonchev–Trinajstić information content (AvgIpc) is 3.56. The lowest BCUT2D eigenvalue weighted by molar-refractivity contribution is 0.267. The van der Waals surface area contributed by atoms with Gasteiger partial charge in [0.1, 0.15) is 11.5 Å². The largest absolute Gasteiger partial charge is 0.435 e. The minimum atomic E-state index is -1.32. The van der Waals surface area contributed by atoms with Gasteiger partial charge in [0.25, 0.3) is 0 Å². The van der Waals surface area contributed by atoms with Crippen molar-refractivity contribution in [1.82, 2.24) is 9.34 Å². The highest BCUT2D eigenvalue weighted by Crippen LogP contribution is 2.59. The van der Waals surface area contributed by atoms with Gasteiger partial charge in [0.2, 0.25) is 0 Å². The van der Waals surface area contributed by atoms with Gasteiger partial charge in [-0.05, 0) is 86.5 Å². The first-order chi connectivity index (χ1) is 21.6. The van der Waals surface area contributed by atoms with E-state index in [4.69, 9.17) is 18.1 Å². The maximum atomic E-state index is 7.25. The summed E-state index contributed by atoms with van der Waals surface area (Å²) in [5.41, 5.74) is 6.29. The molecule has 2 aromatic rings. The van der Waals surface area contributed by atoms with Crippen LogP contribution in [0.1, 0.15) is 147 Å². The summed E-state index contributed by atoms with van der Waals surface area (Å²) in [4.78, 5) is 0. The second-order valence-corrected chi connectivity index (χ2v) is 22.5. The maximum absolute atomic E-state index is 7.25. The van der Waals surface area contributed by atoms with Crippen molar-refractivity contribution in [3.63, 3.8) is 0 Å². The second-order valence-electron chi connectivity index (χ2n) is 19.7. The fraction of sp³-hybridized carbons (Fsp3) is 0.700. The summed E-state index contributed by atoms with van der Waals surface area (Å²) < 4.78 is 32.1. The molecule has 0 aliphatic carbocycles. The summed E-state index contributed by atoms with van der Waals surface area (Å²) in [6.45, 7) is 44.0. The normalized spacial score (nSPS) is 20.9. The van der Waals surface area contributed by atoms with Gasteiger partial charge in [-0.3, -0.25) is 0 Å². The van der Waals surface area contributed by atoms with Crippen molar-refractivity contribution in [3.05, 3.63) is 46.5 Å². The SMILES string of the molecule is CC(C)(C)c1cc(-c2cc(C(C)(C)C)cc(C(C)(C)C)c2OP2OCCN2C(C)(C)C)c(OP2OCCN2C(C)(C)C)c(C(C)(C)C)c1. The van der Waals surface area contributed by atoms with E-state index in [2.05, 4.69) is 158 Å². The summed E-state index contributed by atoms with van der Waals surface area (Å²) >= 11 is 0. The predicted octanol–water partition coefficient (Wildman–Crippen LogP) is 12.0. The first-order valence-electron chi connectivity index (χ1n) is 17.8. The Bertz CT molecular complexity index is 1350. The predicted molar refractivity (Wildman–Crippen MR) is 207 cm³/mol. The van der Waals surface area contributed by atoms with Crippen LogP contribution >= 0.6 is 17.1 Å². The number of benzene rings is 2. The van der Waals surface area contributed by atoms with Gasteiger partial charge in [0, 0.05) is 46.4 Å². The van der Waals surface area contributed by atoms with Crippen molar-refractivity contribution in [3.8, 4) is 22.6 Å². The van der Waals surface area contributed by atoms with Crippen LogP contribution in [0.2, 0.25) is 0 Å². The monoisotopic (exact) mass is 700 g/mol. The van der Waals surface area contributed by atoms with E-state index in [-0.39, 0.29) is 32.7 Å². The molecule has 270 valence electrons. The smallest absolute Gasteiger partial charge is 0.321 e. The van der Waals surface area contributed by atoms with E-state index in [1.165, 1.54) is 22.3 Å². The van der Waals surface area contributed by atoms with E-state index < -0.39 is 17.1 Å². The molecule has 0 saturated carbocycles. The molecule has 2 aliphatic heterocycles. The molecule has 2 unspecified atom stereocenters. The third-order valence-electron chi connectivity index (χ3n) is 9.11. The quantitative estimate of drug-likeness (QED) is 0.289. The molecule has 2 heterocycles. The molecule has 48 heavy (non-hydrogen) atoms. The van der Waals surface area contributed by atoms with Crippen molar-refractivity contribution in [2.75, 3.05) is 26.3 Å². The van der Waals surface area contributed by atoms with E-state index in [9.17, 15) is 0 Å². The average molecular weight is 701 g/mol. The number of nitrogens with zero attached hydrogens (tertiary/aromatic N) is 2. The van der Waals surface area contributed by atoms with E-state index in [1.54, 1.807) is 0 Å². The van der Waals surface area contributed by atoms with Crippen LogP contribution in [0.15, 0.2) is 24.3 Å². The first kappa shape index (κ1) is 39.5. The van der Waals surface area contributed by atoms with Gasteiger partial charge >= 0.3 is 17.1 Å². The maximum Gasteiger partial charge on any atom is 0.321 e. The number of rotatable bonds is 5. The highest BCUT2D eigenvalue weighted by Gasteiger charge is 2.42. The molecule has 2 atom stereocenters. The van der Waals surface area contributed by atoms with Gasteiger partial charge in [-0.15, -0.1) is 0 Å². The molecular formula is C40H66N2O4P2. The second kappa shape index (κ2) is 13.4. The van der Waals surface area contributed by atoms with E-state index in [1.807, 2.05) is 0 Å². The minimum Gasteiger partial charge on any atom is -0.435 e. The Kier molecular flexibility index (Phi) is 11.0. The number of hydrogen-bond donors (Lipinski definition) is 0. The number of hydrogen-bond acceptors (Lipinski definition) is 6. The molecule has 2 saturated heterocycles. The van der Waals surface area contributed by atoms with Gasteiger partial charge in [0.05, 0.1) is 13.2 Å². The van der Waals surface area contributed by atoms with Crippen molar-refractivity contribution in [1.29, 1.82) is 0 Å². The van der Waals surface area contributed by atoms with Crippen LogP contribution in [0.4, 0.5) is 0 Å². The highest BCUT2D eigenvalue weighted by atomic mass is 31.2. The molecule has 0 aromatic heterocycles. The third-order valence-corrected chi connectivity index (χ3v) is 13.0. The Morgan fingerprint density at radius 1 is 0.479 bits per heavy atom. The summed E-state index contributed by atoms with van der Waals surface area (Å²) in [5, 5.41) is 0. The first-order valence-corrected chi connectivity index (χ1v) is 20.0. The van der Waals surface area contributed by atoms with Crippen LogP contribution in [0.3, 0.4) is 0 Å². The van der Waals surface area contributed by atoms with Gasteiger partial charge in [0.15, 0.2) is 0 Å². The molecule has 4 rings (SSSR count). The van der Waals surface area contributed by atoms with Crippen molar-refractivity contribution >= 4 is 17.1 Å². The van der Waals surface area contributed by atoms with E-state index in [0.29, 0.717) is 13.2 Å². The summed E-state index contributed by atoms with van der Waals surface area (Å²) in [7, 11) is -2.65. The van der Waals surface area contributed by atoms with Crippen LogP contribution in [0.5, 0.6) is 11.5 Å². The molecule has 0 spiro atoms. The Morgan fingerprint density at radius 2 is 0.792 bits per heavy atom. The Hall–Kier alpha value is -1.26. The van der Waals surface area contributed by atoms with Gasteiger partial charge in [-0.25, -0.2) is 9.34 Å². The Labute approximate surface area is 296 Å². The lowest BCUT2D eigenvalue weighted by Gasteiger charge is -2.37. The van der Waals surface area contributed by atoms with Crippen LogP contribution in [0.25, 0.3) is 11.1 Å². The zero-order valence-electron chi connectivity index (χ0n) is 33.6. The molecule has 6 nitrogen and oxygen atoms in total. The minimum absolute atomic E-state index is 0.0862. The standard InChI is InChI=1S/C40H66N2O4P2/c1-35(2,3)27-23-29(33(31(25-27)37(7,8)9)45-47-41(19-21-43-47)39(13,14)15)30-24-28(36(4,5)6)26-32(38(10,11)12)34(30)46-48-42(20-22-44-48)40(16,17)18/h23-26H,19-22H2,1-18H3. The fourth-order valence-electron chi connectivity index (χ4n) is 6.02. The molecule has 2 fully saturated rings. The van der Waals surface area contributed by atoms with Crippen molar-refractivity contribution < 1.29 is 18.1 Å². The van der Waals surface area contributed by atoms with E-state index in [0.717, 1.165) is 35.7 Å². The van der Waals surface area contributed by atoms with Crippen LogP contribution < -0.4 is 9.05 Å². The van der Waals surface area contributed by atoms with E-state index >= 15 is 0 Å². The lowest BCUT2D eigenvalue weighted by Crippen LogP contribution is -2.36. The Morgan fingerprint density at radius 3 is 1.04 bits per heavy atom. The van der Waals surface area contributed by atoms with Crippen molar-refractivity contribution in [2.24, 2.45) is 0 Å². The topological polar surface area (TPSA) is 43.4 Å². The molecule has 0 bridgehead atoms. The molecule has 2 aromatic carbocycles. The molecule has 0 radical (unpaired) electrons. The molecule has 0 N–H and O–H groups in total. The third kappa shape index (κ3) is 8.78. The zero-order chi connectivity index (χ0) is 36.4. The van der Waals surface area contributed by atoms with Crippen LogP contribution in [-0.4, -0.2) is 46.7 Å². The van der Waals surface area contributed by atoms with Crippen molar-refractivity contribution in [2.45, 2.75) is 157 Å².